The number of aryl methyl sites for hydroxylation is 1. The van der Waals surface area contributed by atoms with Gasteiger partial charge in [-0.15, -0.1) is 0 Å². The molecular formula is C19H23N3O5. The van der Waals surface area contributed by atoms with Gasteiger partial charge in [0.15, 0.2) is 0 Å². The largest absolute Gasteiger partial charge is 0.445 e. The van der Waals surface area contributed by atoms with Crippen molar-refractivity contribution in [3.05, 3.63) is 59.3 Å². The van der Waals surface area contributed by atoms with Crippen LogP contribution in [0.4, 0.5) is 10.6 Å². The lowest BCUT2D eigenvalue weighted by Gasteiger charge is -2.20. The Labute approximate surface area is 157 Å². The van der Waals surface area contributed by atoms with E-state index in [-0.39, 0.29) is 19.1 Å². The molecule has 0 bridgehead atoms. The van der Waals surface area contributed by atoms with Gasteiger partial charge in [0.05, 0.1) is 0 Å². The molecule has 0 aliphatic rings. The Bertz CT molecular complexity index is 782. The van der Waals surface area contributed by atoms with Gasteiger partial charge in [0.2, 0.25) is 5.91 Å². The Hall–Kier alpha value is -2.97. The van der Waals surface area contributed by atoms with Gasteiger partial charge in [-0.2, -0.15) is 0 Å². The van der Waals surface area contributed by atoms with Gasteiger partial charge in [0.25, 0.3) is 0 Å². The van der Waals surface area contributed by atoms with E-state index in [4.69, 9.17) is 4.74 Å². The van der Waals surface area contributed by atoms with Crippen LogP contribution in [0.3, 0.4) is 0 Å². The molecule has 144 valence electrons. The zero-order valence-electron chi connectivity index (χ0n) is 15.2. The lowest BCUT2D eigenvalue weighted by atomic mass is 10.0. The number of anilines is 1. The van der Waals surface area contributed by atoms with Crippen molar-refractivity contribution in [1.29, 1.82) is 0 Å². The fraction of sp³-hybridized carbons (Fsp3) is 0.316. The highest BCUT2D eigenvalue weighted by atomic mass is 16.5. The van der Waals surface area contributed by atoms with Crippen LogP contribution in [0.2, 0.25) is 0 Å². The summed E-state index contributed by atoms with van der Waals surface area (Å²) in [7, 11) is 0. The molecule has 0 aliphatic heterocycles. The highest BCUT2D eigenvalue weighted by Gasteiger charge is 2.22. The second kappa shape index (κ2) is 9.65. The monoisotopic (exact) mass is 373 g/mol. The molecule has 8 heteroatoms. The smallest absolute Gasteiger partial charge is 0.407 e. The Morgan fingerprint density at radius 3 is 2.48 bits per heavy atom. The molecule has 2 atom stereocenters. The van der Waals surface area contributed by atoms with Crippen molar-refractivity contribution >= 4 is 17.8 Å². The predicted molar refractivity (Wildman–Crippen MR) is 98.9 cm³/mol. The first-order valence-corrected chi connectivity index (χ1v) is 8.42. The van der Waals surface area contributed by atoms with Crippen molar-refractivity contribution in [2.75, 3.05) is 11.9 Å². The Morgan fingerprint density at radius 2 is 1.85 bits per heavy atom. The summed E-state index contributed by atoms with van der Waals surface area (Å²) in [5, 5.41) is 25.4. The van der Waals surface area contributed by atoms with Crippen molar-refractivity contribution in [3.8, 4) is 0 Å². The molecule has 1 aromatic carbocycles. The van der Waals surface area contributed by atoms with E-state index in [2.05, 4.69) is 15.6 Å². The van der Waals surface area contributed by atoms with E-state index in [0.717, 1.165) is 5.56 Å². The maximum atomic E-state index is 11.7. The molecule has 0 radical (unpaired) electrons. The lowest BCUT2D eigenvalue weighted by molar-refractivity contribution is -0.114. The summed E-state index contributed by atoms with van der Waals surface area (Å²) in [6.45, 7) is 2.94. The van der Waals surface area contributed by atoms with E-state index in [1.807, 2.05) is 30.3 Å². The average molecular weight is 373 g/mol. The van der Waals surface area contributed by atoms with Crippen molar-refractivity contribution in [2.24, 2.45) is 0 Å². The first-order valence-electron chi connectivity index (χ1n) is 8.42. The third-order valence-corrected chi connectivity index (χ3v) is 3.78. The van der Waals surface area contributed by atoms with Gasteiger partial charge in [-0.3, -0.25) is 4.79 Å². The SMILES string of the molecule is CC(=O)Nc1ccc(C(O)C(O)CNC(=O)OCc2ccccc2)c(C)n1. The van der Waals surface area contributed by atoms with Crippen LogP contribution in [0.15, 0.2) is 42.5 Å². The van der Waals surface area contributed by atoms with E-state index in [1.54, 1.807) is 13.0 Å². The molecule has 2 amide bonds. The normalized spacial score (nSPS) is 12.7. The first-order chi connectivity index (χ1) is 12.9. The van der Waals surface area contributed by atoms with Gasteiger partial charge in [0.1, 0.15) is 24.6 Å². The Balaban J connectivity index is 1.85. The van der Waals surface area contributed by atoms with E-state index >= 15 is 0 Å². The molecule has 2 unspecified atom stereocenters. The molecule has 0 saturated heterocycles. The summed E-state index contributed by atoms with van der Waals surface area (Å²) in [5.74, 6) is 0.0986. The van der Waals surface area contributed by atoms with Crippen LogP contribution in [-0.4, -0.2) is 39.8 Å². The van der Waals surface area contributed by atoms with E-state index < -0.39 is 18.3 Å². The highest BCUT2D eigenvalue weighted by molar-refractivity contribution is 5.87. The number of nitrogens with one attached hydrogen (secondary N) is 2. The molecule has 1 aromatic heterocycles. The molecule has 27 heavy (non-hydrogen) atoms. The lowest BCUT2D eigenvalue weighted by Crippen LogP contribution is -2.36. The van der Waals surface area contributed by atoms with Crippen molar-refractivity contribution in [2.45, 2.75) is 32.7 Å². The number of hydrogen-bond acceptors (Lipinski definition) is 6. The van der Waals surface area contributed by atoms with E-state index in [1.165, 1.54) is 13.0 Å². The number of pyridine rings is 1. The number of carbonyl (C=O) groups excluding carboxylic acids is 2. The Kier molecular flexibility index (Phi) is 7.27. The van der Waals surface area contributed by atoms with E-state index in [0.29, 0.717) is 17.1 Å². The number of aromatic nitrogens is 1. The number of alkyl carbamates (subject to hydrolysis) is 1. The maximum absolute atomic E-state index is 11.7. The molecule has 0 saturated carbocycles. The standard InChI is InChI=1S/C19H23N3O5/c1-12-15(8-9-17(21-12)22-13(2)23)18(25)16(24)10-20-19(26)27-11-14-6-4-3-5-7-14/h3-9,16,18,24-25H,10-11H2,1-2H3,(H,20,26)(H,21,22,23). The van der Waals surface area contributed by atoms with E-state index in [9.17, 15) is 19.8 Å². The van der Waals surface area contributed by atoms with Crippen molar-refractivity contribution < 1.29 is 24.5 Å². The van der Waals surface area contributed by atoms with Crippen LogP contribution in [0.5, 0.6) is 0 Å². The average Bonchev–Trinajstić information content (AvgIpc) is 2.64. The third kappa shape index (κ3) is 6.36. The van der Waals surface area contributed by atoms with Crippen LogP contribution < -0.4 is 10.6 Å². The number of rotatable bonds is 7. The van der Waals surface area contributed by atoms with Gasteiger partial charge < -0.3 is 25.6 Å². The van der Waals surface area contributed by atoms with Crippen LogP contribution >= 0.6 is 0 Å². The predicted octanol–water partition coefficient (Wildman–Crippen LogP) is 1.67. The van der Waals surface area contributed by atoms with Gasteiger partial charge in [-0.25, -0.2) is 9.78 Å². The van der Waals surface area contributed by atoms with Crippen molar-refractivity contribution in [1.82, 2.24) is 10.3 Å². The van der Waals surface area contributed by atoms with Crippen LogP contribution in [0.25, 0.3) is 0 Å². The van der Waals surface area contributed by atoms with Gasteiger partial charge in [-0.05, 0) is 18.6 Å². The number of benzene rings is 1. The molecule has 2 aromatic rings. The fourth-order valence-electron chi connectivity index (χ4n) is 2.42. The molecule has 0 spiro atoms. The summed E-state index contributed by atoms with van der Waals surface area (Å²) >= 11 is 0. The van der Waals surface area contributed by atoms with Gasteiger partial charge in [-0.1, -0.05) is 36.4 Å². The third-order valence-electron chi connectivity index (χ3n) is 3.78. The minimum absolute atomic E-state index is 0.110. The topological polar surface area (TPSA) is 121 Å². The number of nitrogens with zero attached hydrogens (tertiary/aromatic N) is 1. The Morgan fingerprint density at radius 1 is 1.15 bits per heavy atom. The van der Waals surface area contributed by atoms with Crippen LogP contribution in [-0.2, 0) is 16.1 Å². The zero-order valence-corrected chi connectivity index (χ0v) is 15.2. The number of carbonyl (C=O) groups is 2. The van der Waals surface area contributed by atoms with Gasteiger partial charge >= 0.3 is 6.09 Å². The molecule has 8 nitrogen and oxygen atoms in total. The molecule has 4 N–H and O–H groups in total. The molecule has 0 aliphatic carbocycles. The second-order valence-corrected chi connectivity index (χ2v) is 6.01. The maximum Gasteiger partial charge on any atom is 0.407 e. The fourth-order valence-corrected chi connectivity index (χ4v) is 2.42. The summed E-state index contributed by atoms with van der Waals surface area (Å²) in [6, 6.07) is 12.3. The summed E-state index contributed by atoms with van der Waals surface area (Å²) in [6.07, 6.45) is -3.19. The van der Waals surface area contributed by atoms with Gasteiger partial charge in [0, 0.05) is 24.7 Å². The van der Waals surface area contributed by atoms with Crippen LogP contribution in [0, 0.1) is 6.92 Å². The second-order valence-electron chi connectivity index (χ2n) is 6.01. The molecular weight excluding hydrogens is 350 g/mol. The summed E-state index contributed by atoms with van der Waals surface area (Å²) in [5.41, 5.74) is 1.70. The highest BCUT2D eigenvalue weighted by Crippen LogP contribution is 2.21. The summed E-state index contributed by atoms with van der Waals surface area (Å²) < 4.78 is 5.05. The number of amides is 2. The molecule has 1 heterocycles. The number of aliphatic hydroxyl groups excluding tert-OH is 2. The zero-order chi connectivity index (χ0) is 19.8. The molecule has 0 fully saturated rings. The quantitative estimate of drug-likeness (QED) is 0.586. The number of aliphatic hydroxyl groups is 2. The number of hydrogen-bond donors (Lipinski definition) is 4. The molecule has 2 rings (SSSR count). The first kappa shape index (κ1) is 20.3. The van der Waals surface area contributed by atoms with Crippen molar-refractivity contribution in [3.63, 3.8) is 0 Å². The minimum atomic E-state index is -1.25. The number of ether oxygens (including phenoxy) is 1. The summed E-state index contributed by atoms with van der Waals surface area (Å²) in [4.78, 5) is 26.9. The minimum Gasteiger partial charge on any atom is -0.445 e. The van der Waals surface area contributed by atoms with Crippen LogP contribution in [0.1, 0.15) is 29.8 Å².